The van der Waals surface area contributed by atoms with Gasteiger partial charge in [0.25, 0.3) is 0 Å². The Bertz CT molecular complexity index is 984. The summed E-state index contributed by atoms with van der Waals surface area (Å²) in [5.41, 5.74) is 4.37. The Morgan fingerprint density at radius 1 is 0.867 bits per heavy atom. The van der Waals surface area contributed by atoms with Crippen molar-refractivity contribution in [2.45, 2.75) is 37.9 Å². The molecule has 2 heterocycles. The average Bonchev–Trinajstić information content (AvgIpc) is 3.49. The Morgan fingerprint density at radius 3 is 2.20 bits per heavy atom. The lowest BCUT2D eigenvalue weighted by atomic mass is 9.82. The normalized spacial score (nSPS) is 13.4. The smallest absolute Gasteiger partial charge is 0.117 e. The van der Waals surface area contributed by atoms with Crippen LogP contribution in [0.15, 0.2) is 95.2 Å². The van der Waals surface area contributed by atoms with Crippen molar-refractivity contribution in [3.8, 4) is 0 Å². The van der Waals surface area contributed by atoms with Crippen molar-refractivity contribution in [2.75, 3.05) is 0 Å². The second-order valence-electron chi connectivity index (χ2n) is 7.70. The van der Waals surface area contributed by atoms with Crippen LogP contribution in [0.2, 0.25) is 0 Å². The number of hydrogen-bond acceptors (Lipinski definition) is 4. The topological polar surface area (TPSA) is 29.3 Å². The van der Waals surface area contributed by atoms with Crippen LogP contribution in [0.4, 0.5) is 0 Å². The zero-order chi connectivity index (χ0) is 20.7. The minimum Gasteiger partial charge on any atom is -0.468 e. The summed E-state index contributed by atoms with van der Waals surface area (Å²) in [4.78, 5) is 8.15. The Labute approximate surface area is 183 Å². The number of nitrogens with zero attached hydrogens (tertiary/aromatic N) is 2. The van der Waals surface area contributed by atoms with Gasteiger partial charge in [0.05, 0.1) is 18.3 Å². The van der Waals surface area contributed by atoms with Crippen LogP contribution in [0.3, 0.4) is 0 Å². The van der Waals surface area contributed by atoms with Crippen molar-refractivity contribution < 1.29 is 4.42 Å². The second kappa shape index (κ2) is 9.88. The molecule has 3 nitrogen and oxygen atoms in total. The molecule has 0 saturated heterocycles. The number of aromatic nitrogens is 1. The van der Waals surface area contributed by atoms with E-state index in [1.54, 1.807) is 17.6 Å². The summed E-state index contributed by atoms with van der Waals surface area (Å²) in [5, 5.41) is 0. The molecule has 2 aromatic carbocycles. The molecule has 0 amide bonds. The zero-order valence-electron chi connectivity index (χ0n) is 17.1. The van der Waals surface area contributed by atoms with Gasteiger partial charge in [0, 0.05) is 29.6 Å². The minimum atomic E-state index is -0.156. The van der Waals surface area contributed by atoms with Gasteiger partial charge < -0.3 is 4.42 Å². The molecule has 0 bridgehead atoms. The van der Waals surface area contributed by atoms with Gasteiger partial charge in [-0.1, -0.05) is 67.6 Å². The Morgan fingerprint density at radius 2 is 1.60 bits per heavy atom. The molecule has 1 radical (unpaired) electrons. The standard InChI is InChI=1S/C26H27N2OS/c1-2-26(17-25-18-27-21-30-25,16-22-10-5-3-6-11-22)28(20-24-14-9-15-29-24)19-23-12-7-4-8-13-23/h3-15,18,21H,1-2,16-17,19-20H2. The number of hydrogen-bond donors (Lipinski definition) is 0. The van der Waals surface area contributed by atoms with Crippen LogP contribution in [-0.4, -0.2) is 15.4 Å². The van der Waals surface area contributed by atoms with Crippen LogP contribution < -0.4 is 0 Å². The van der Waals surface area contributed by atoms with Gasteiger partial charge >= 0.3 is 0 Å². The second-order valence-corrected chi connectivity index (χ2v) is 8.67. The van der Waals surface area contributed by atoms with Gasteiger partial charge in [-0.2, -0.15) is 0 Å². The molecule has 2 aromatic heterocycles. The van der Waals surface area contributed by atoms with E-state index in [1.165, 1.54) is 16.0 Å². The van der Waals surface area contributed by atoms with E-state index in [2.05, 4.69) is 83.5 Å². The highest BCUT2D eigenvalue weighted by Gasteiger charge is 2.36. The molecule has 0 N–H and O–H groups in total. The van der Waals surface area contributed by atoms with Gasteiger partial charge in [0.15, 0.2) is 0 Å². The summed E-state index contributed by atoms with van der Waals surface area (Å²) in [7, 11) is 0. The fraction of sp³-hybridized carbons (Fsp3) is 0.231. The summed E-state index contributed by atoms with van der Waals surface area (Å²) in [5.74, 6) is 0.973. The fourth-order valence-electron chi connectivity index (χ4n) is 4.04. The van der Waals surface area contributed by atoms with E-state index in [9.17, 15) is 0 Å². The van der Waals surface area contributed by atoms with E-state index in [0.717, 1.165) is 38.1 Å². The van der Waals surface area contributed by atoms with Crippen molar-refractivity contribution in [3.63, 3.8) is 0 Å². The number of furan rings is 1. The maximum absolute atomic E-state index is 5.75. The predicted molar refractivity (Wildman–Crippen MR) is 123 cm³/mol. The van der Waals surface area contributed by atoms with Crippen molar-refractivity contribution in [3.05, 3.63) is 119 Å². The van der Waals surface area contributed by atoms with E-state index >= 15 is 0 Å². The third-order valence-corrected chi connectivity index (χ3v) is 6.42. The summed E-state index contributed by atoms with van der Waals surface area (Å²) in [6.07, 6.45) is 6.36. The Balaban J connectivity index is 1.73. The molecule has 153 valence electrons. The van der Waals surface area contributed by atoms with E-state index in [-0.39, 0.29) is 5.54 Å². The number of rotatable bonds is 10. The average molecular weight is 416 g/mol. The van der Waals surface area contributed by atoms with E-state index in [4.69, 9.17) is 4.42 Å². The van der Waals surface area contributed by atoms with E-state index in [1.807, 2.05) is 17.8 Å². The summed E-state index contributed by atoms with van der Waals surface area (Å²) >= 11 is 1.72. The van der Waals surface area contributed by atoms with Crippen molar-refractivity contribution >= 4 is 11.3 Å². The largest absolute Gasteiger partial charge is 0.468 e. The quantitative estimate of drug-likeness (QED) is 0.309. The molecule has 0 aliphatic rings. The Kier molecular flexibility index (Phi) is 6.77. The first kappa shape index (κ1) is 20.6. The van der Waals surface area contributed by atoms with Crippen molar-refractivity contribution in [1.29, 1.82) is 0 Å². The van der Waals surface area contributed by atoms with Gasteiger partial charge in [0.1, 0.15) is 5.76 Å². The lowest BCUT2D eigenvalue weighted by molar-refractivity contribution is 0.0635. The number of thiazole rings is 1. The minimum absolute atomic E-state index is 0.156. The van der Waals surface area contributed by atoms with Gasteiger partial charge in [-0.25, -0.2) is 0 Å². The zero-order valence-corrected chi connectivity index (χ0v) is 17.9. The van der Waals surface area contributed by atoms with E-state index in [0.29, 0.717) is 0 Å². The highest BCUT2D eigenvalue weighted by molar-refractivity contribution is 7.09. The highest BCUT2D eigenvalue weighted by Crippen LogP contribution is 2.33. The Hall–Kier alpha value is -2.69. The fourth-order valence-corrected chi connectivity index (χ4v) is 4.77. The molecule has 4 aromatic rings. The molecule has 0 spiro atoms. The van der Waals surface area contributed by atoms with Crippen molar-refractivity contribution in [2.24, 2.45) is 0 Å². The molecule has 30 heavy (non-hydrogen) atoms. The molecular weight excluding hydrogens is 388 g/mol. The van der Waals surface area contributed by atoms with Crippen LogP contribution >= 0.6 is 11.3 Å². The molecule has 0 fully saturated rings. The first-order chi connectivity index (χ1) is 14.8. The third-order valence-electron chi connectivity index (χ3n) is 5.64. The van der Waals surface area contributed by atoms with Gasteiger partial charge in [-0.15, -0.1) is 11.3 Å². The maximum atomic E-state index is 5.75. The SMILES string of the molecule is [CH2]CC(Cc1ccccc1)(Cc1cncs1)N(Cc1ccccc1)Cc1ccco1. The first-order valence-corrected chi connectivity index (χ1v) is 11.2. The third kappa shape index (κ3) is 5.07. The molecular formula is C26H27N2OS. The maximum Gasteiger partial charge on any atom is 0.117 e. The lowest BCUT2D eigenvalue weighted by Crippen LogP contribution is -2.51. The lowest BCUT2D eigenvalue weighted by Gasteiger charge is -2.44. The van der Waals surface area contributed by atoms with Crippen molar-refractivity contribution in [1.82, 2.24) is 9.88 Å². The van der Waals surface area contributed by atoms with Gasteiger partial charge in [-0.05, 0) is 36.1 Å². The molecule has 1 atom stereocenters. The molecule has 0 aliphatic heterocycles. The highest BCUT2D eigenvalue weighted by atomic mass is 32.1. The number of benzene rings is 2. The first-order valence-electron chi connectivity index (χ1n) is 10.3. The van der Waals surface area contributed by atoms with Crippen LogP contribution in [0.1, 0.15) is 28.2 Å². The molecule has 4 rings (SSSR count). The predicted octanol–water partition coefficient (Wildman–Crippen LogP) is 6.19. The van der Waals surface area contributed by atoms with Crippen LogP contribution in [0.5, 0.6) is 0 Å². The summed E-state index contributed by atoms with van der Waals surface area (Å²) < 4.78 is 5.75. The molecule has 4 heteroatoms. The van der Waals surface area contributed by atoms with Gasteiger partial charge in [-0.3, -0.25) is 9.88 Å². The van der Waals surface area contributed by atoms with Gasteiger partial charge in [0.2, 0.25) is 0 Å². The monoisotopic (exact) mass is 415 g/mol. The molecule has 0 saturated carbocycles. The molecule has 0 aliphatic carbocycles. The summed E-state index contributed by atoms with van der Waals surface area (Å²) in [6, 6.07) is 25.4. The summed E-state index contributed by atoms with van der Waals surface area (Å²) in [6.45, 7) is 6.01. The van der Waals surface area contributed by atoms with E-state index < -0.39 is 0 Å². The van der Waals surface area contributed by atoms with Crippen LogP contribution in [0, 0.1) is 6.92 Å². The van der Waals surface area contributed by atoms with Crippen LogP contribution in [-0.2, 0) is 25.9 Å². The molecule has 1 unspecified atom stereocenters. The van der Waals surface area contributed by atoms with Crippen LogP contribution in [0.25, 0.3) is 0 Å².